The lowest BCUT2D eigenvalue weighted by molar-refractivity contribution is -0.174. The van der Waals surface area contributed by atoms with Crippen LogP contribution in [0.4, 0.5) is 17.6 Å². The van der Waals surface area contributed by atoms with Crippen molar-refractivity contribution in [1.82, 2.24) is 10.2 Å². The first-order chi connectivity index (χ1) is 11.2. The average molecular weight is 348 g/mol. The molecule has 1 aliphatic rings. The first kappa shape index (κ1) is 18.2. The maximum atomic E-state index is 13.0. The van der Waals surface area contributed by atoms with Crippen molar-refractivity contribution in [3.63, 3.8) is 0 Å². The highest BCUT2D eigenvalue weighted by molar-refractivity contribution is 5.82. The summed E-state index contributed by atoms with van der Waals surface area (Å²) in [4.78, 5) is 23.5. The van der Waals surface area contributed by atoms with E-state index < -0.39 is 35.8 Å². The maximum Gasteiger partial charge on any atom is 0.471 e. The van der Waals surface area contributed by atoms with Crippen LogP contribution in [-0.2, 0) is 9.59 Å². The molecule has 5 nitrogen and oxygen atoms in total. The number of rotatable bonds is 4. The summed E-state index contributed by atoms with van der Waals surface area (Å²) in [5.74, 6) is -4.10. The number of likely N-dealkylation sites (tertiary alicyclic amines) is 1. The molecule has 132 valence electrons. The lowest BCUT2D eigenvalue weighted by atomic mass is 9.85. The quantitative estimate of drug-likeness (QED) is 0.814. The highest BCUT2D eigenvalue weighted by Gasteiger charge is 2.42. The molecule has 0 aromatic heterocycles. The summed E-state index contributed by atoms with van der Waals surface area (Å²) >= 11 is 0. The SMILES string of the molecule is O=C(O)CN1CCC(c2ccc(F)cc2)C(NC(=O)C(F)(F)F)C1. The summed E-state index contributed by atoms with van der Waals surface area (Å²) in [6, 6.07) is 4.39. The molecule has 0 radical (unpaired) electrons. The number of nitrogens with one attached hydrogen (secondary N) is 1. The molecule has 2 N–H and O–H groups in total. The number of aliphatic carboxylic acids is 1. The number of hydrogen-bond donors (Lipinski definition) is 2. The van der Waals surface area contributed by atoms with Gasteiger partial charge in [0.15, 0.2) is 0 Å². The Bertz CT molecular complexity index is 604. The van der Waals surface area contributed by atoms with Crippen molar-refractivity contribution >= 4 is 11.9 Å². The van der Waals surface area contributed by atoms with E-state index in [2.05, 4.69) is 0 Å². The Kier molecular flexibility index (Phi) is 5.43. The molecule has 1 amide bonds. The van der Waals surface area contributed by atoms with Crippen molar-refractivity contribution in [2.45, 2.75) is 24.6 Å². The molecule has 1 aromatic carbocycles. The monoisotopic (exact) mass is 348 g/mol. The fourth-order valence-electron chi connectivity index (χ4n) is 2.86. The summed E-state index contributed by atoms with van der Waals surface area (Å²) in [7, 11) is 0. The predicted molar refractivity (Wildman–Crippen MR) is 75.8 cm³/mol. The largest absolute Gasteiger partial charge is 0.480 e. The molecule has 1 fully saturated rings. The number of carboxylic acid groups (broad SMARTS) is 1. The summed E-state index contributed by atoms with van der Waals surface area (Å²) in [6.45, 7) is -0.00256. The first-order valence-electron chi connectivity index (χ1n) is 7.24. The van der Waals surface area contributed by atoms with Crippen LogP contribution >= 0.6 is 0 Å². The Hall–Kier alpha value is -2.16. The summed E-state index contributed by atoms with van der Waals surface area (Å²) in [5, 5.41) is 10.8. The zero-order valence-electron chi connectivity index (χ0n) is 12.5. The Morgan fingerprint density at radius 3 is 2.42 bits per heavy atom. The van der Waals surface area contributed by atoms with Crippen LogP contribution in [0.15, 0.2) is 24.3 Å². The summed E-state index contributed by atoms with van der Waals surface area (Å²) in [5.41, 5.74) is 0.596. The number of alkyl halides is 3. The van der Waals surface area contributed by atoms with Gasteiger partial charge in [-0.1, -0.05) is 12.1 Å². The number of piperidine rings is 1. The van der Waals surface area contributed by atoms with Crippen LogP contribution in [-0.4, -0.2) is 53.7 Å². The van der Waals surface area contributed by atoms with Gasteiger partial charge in [-0.25, -0.2) is 4.39 Å². The Labute approximate surface area is 135 Å². The van der Waals surface area contributed by atoms with E-state index in [9.17, 15) is 27.2 Å². The summed E-state index contributed by atoms with van der Waals surface area (Å²) < 4.78 is 50.6. The molecule has 1 aliphatic heterocycles. The van der Waals surface area contributed by atoms with Crippen molar-refractivity contribution in [2.24, 2.45) is 0 Å². The van der Waals surface area contributed by atoms with Gasteiger partial charge >= 0.3 is 18.1 Å². The maximum absolute atomic E-state index is 13.0. The normalized spacial score (nSPS) is 22.2. The molecular formula is C15H16F4N2O3. The van der Waals surface area contributed by atoms with Gasteiger partial charge < -0.3 is 10.4 Å². The van der Waals surface area contributed by atoms with Gasteiger partial charge in [0.25, 0.3) is 0 Å². The van der Waals surface area contributed by atoms with Crippen molar-refractivity contribution in [3.05, 3.63) is 35.6 Å². The number of nitrogens with zero attached hydrogens (tertiary/aromatic N) is 1. The molecule has 0 bridgehead atoms. The van der Waals surface area contributed by atoms with Crippen molar-refractivity contribution in [2.75, 3.05) is 19.6 Å². The molecule has 2 atom stereocenters. The van der Waals surface area contributed by atoms with E-state index in [4.69, 9.17) is 5.11 Å². The van der Waals surface area contributed by atoms with Crippen molar-refractivity contribution < 1.29 is 32.3 Å². The minimum absolute atomic E-state index is 0.0316. The van der Waals surface area contributed by atoms with E-state index in [1.807, 2.05) is 5.32 Å². The molecule has 0 saturated carbocycles. The zero-order valence-corrected chi connectivity index (χ0v) is 12.5. The van der Waals surface area contributed by atoms with Crippen LogP contribution in [0.1, 0.15) is 17.9 Å². The number of carbonyl (C=O) groups excluding carboxylic acids is 1. The van der Waals surface area contributed by atoms with E-state index in [0.717, 1.165) is 0 Å². The molecular weight excluding hydrogens is 332 g/mol. The molecule has 24 heavy (non-hydrogen) atoms. The number of benzene rings is 1. The molecule has 1 saturated heterocycles. The highest BCUT2D eigenvalue weighted by Crippen LogP contribution is 2.29. The van der Waals surface area contributed by atoms with Crippen LogP contribution < -0.4 is 5.32 Å². The Balaban J connectivity index is 2.19. The minimum Gasteiger partial charge on any atom is -0.480 e. The van der Waals surface area contributed by atoms with E-state index in [1.54, 1.807) is 0 Å². The van der Waals surface area contributed by atoms with Crippen LogP contribution in [0.3, 0.4) is 0 Å². The number of carboxylic acids is 1. The lowest BCUT2D eigenvalue weighted by Crippen LogP contribution is -2.55. The van der Waals surface area contributed by atoms with Gasteiger partial charge in [-0.05, 0) is 30.7 Å². The minimum atomic E-state index is -5.03. The molecule has 1 aromatic rings. The predicted octanol–water partition coefficient (Wildman–Crippen LogP) is 1.75. The van der Waals surface area contributed by atoms with Gasteiger partial charge in [-0.3, -0.25) is 14.5 Å². The van der Waals surface area contributed by atoms with Gasteiger partial charge in [0.05, 0.1) is 6.54 Å². The second kappa shape index (κ2) is 7.16. The molecule has 0 spiro atoms. The number of carbonyl (C=O) groups is 2. The summed E-state index contributed by atoms with van der Waals surface area (Å²) in [6.07, 6.45) is -4.68. The zero-order chi connectivity index (χ0) is 17.9. The molecule has 1 heterocycles. The van der Waals surface area contributed by atoms with E-state index in [0.29, 0.717) is 18.5 Å². The fourth-order valence-corrected chi connectivity index (χ4v) is 2.86. The number of amides is 1. The fraction of sp³-hybridized carbons (Fsp3) is 0.467. The van der Waals surface area contributed by atoms with Gasteiger partial charge in [-0.2, -0.15) is 13.2 Å². The van der Waals surface area contributed by atoms with E-state index in [1.165, 1.54) is 29.2 Å². The van der Waals surface area contributed by atoms with Gasteiger partial charge in [0.1, 0.15) is 5.82 Å². The second-order valence-electron chi connectivity index (χ2n) is 5.65. The van der Waals surface area contributed by atoms with Gasteiger partial charge in [-0.15, -0.1) is 0 Å². The third-order valence-electron chi connectivity index (χ3n) is 3.93. The van der Waals surface area contributed by atoms with Gasteiger partial charge in [0, 0.05) is 18.5 Å². The highest BCUT2D eigenvalue weighted by atomic mass is 19.4. The van der Waals surface area contributed by atoms with E-state index >= 15 is 0 Å². The molecule has 9 heteroatoms. The average Bonchev–Trinajstić information content (AvgIpc) is 2.47. The second-order valence-corrected chi connectivity index (χ2v) is 5.65. The Morgan fingerprint density at radius 2 is 1.88 bits per heavy atom. The lowest BCUT2D eigenvalue weighted by Gasteiger charge is -2.38. The number of hydrogen-bond acceptors (Lipinski definition) is 3. The molecule has 2 rings (SSSR count). The number of halogens is 4. The Morgan fingerprint density at radius 1 is 1.25 bits per heavy atom. The standard InChI is InChI=1S/C15H16F4N2O3/c16-10-3-1-9(2-4-10)11-5-6-21(8-13(22)23)7-12(11)20-14(24)15(17,18)19/h1-4,11-12H,5-8H2,(H,20,24)(H,22,23). The third-order valence-corrected chi connectivity index (χ3v) is 3.93. The first-order valence-corrected chi connectivity index (χ1v) is 7.24. The van der Waals surface area contributed by atoms with Crippen LogP contribution in [0.5, 0.6) is 0 Å². The molecule has 0 aliphatic carbocycles. The topological polar surface area (TPSA) is 69.6 Å². The van der Waals surface area contributed by atoms with Crippen molar-refractivity contribution in [3.8, 4) is 0 Å². The van der Waals surface area contributed by atoms with Crippen LogP contribution in [0.2, 0.25) is 0 Å². The smallest absolute Gasteiger partial charge is 0.471 e. The third kappa shape index (κ3) is 4.67. The van der Waals surface area contributed by atoms with E-state index in [-0.39, 0.29) is 13.1 Å². The van der Waals surface area contributed by atoms with Crippen LogP contribution in [0.25, 0.3) is 0 Å². The molecule has 2 unspecified atom stereocenters. The van der Waals surface area contributed by atoms with Crippen molar-refractivity contribution in [1.29, 1.82) is 0 Å². The van der Waals surface area contributed by atoms with Crippen LogP contribution in [0, 0.1) is 5.82 Å². The van der Waals surface area contributed by atoms with Gasteiger partial charge in [0.2, 0.25) is 0 Å².